The lowest BCUT2D eigenvalue weighted by Gasteiger charge is -2.17. The molecule has 0 bridgehead atoms. The SMILES string of the molecule is CC(Cc1ccccc1)=N/C(=C\N(C)C/C(N)=C/c1ccc(CCOCC(C)(Cl)Cl)c(Cl)c1)c1ccccc1. The summed E-state index contributed by atoms with van der Waals surface area (Å²) >= 11 is 18.4. The largest absolute Gasteiger partial charge is 0.401 e. The zero-order valence-corrected chi connectivity index (χ0v) is 25.0. The molecule has 0 saturated heterocycles. The predicted octanol–water partition coefficient (Wildman–Crippen LogP) is 8.03. The van der Waals surface area contributed by atoms with Crippen LogP contribution in [0.15, 0.2) is 95.8 Å². The number of hydrogen-bond acceptors (Lipinski definition) is 4. The number of hydrogen-bond donors (Lipinski definition) is 1. The third-order valence-electron chi connectivity index (χ3n) is 5.76. The molecule has 0 saturated carbocycles. The zero-order chi connectivity index (χ0) is 28.3. The van der Waals surface area contributed by atoms with Gasteiger partial charge in [-0.15, -0.1) is 0 Å². The Balaban J connectivity index is 1.68. The van der Waals surface area contributed by atoms with E-state index in [4.69, 9.17) is 50.3 Å². The van der Waals surface area contributed by atoms with E-state index in [-0.39, 0.29) is 6.61 Å². The van der Waals surface area contributed by atoms with E-state index in [1.807, 2.05) is 78.8 Å². The highest BCUT2D eigenvalue weighted by Crippen LogP contribution is 2.22. The Labute approximate surface area is 247 Å². The van der Waals surface area contributed by atoms with Crippen molar-refractivity contribution in [2.45, 2.75) is 31.0 Å². The molecule has 4 nitrogen and oxygen atoms in total. The number of ether oxygens (including phenoxy) is 1. The Hall–Kier alpha value is -2.76. The van der Waals surface area contributed by atoms with Crippen LogP contribution in [0.4, 0.5) is 0 Å². The molecule has 0 spiro atoms. The predicted molar refractivity (Wildman–Crippen MR) is 169 cm³/mol. The van der Waals surface area contributed by atoms with Gasteiger partial charge in [-0.1, -0.05) is 108 Å². The molecule has 0 aliphatic heterocycles. The van der Waals surface area contributed by atoms with Crippen LogP contribution in [0.2, 0.25) is 5.02 Å². The normalized spacial score (nSPS) is 13.0. The number of benzene rings is 3. The third-order valence-corrected chi connectivity index (χ3v) is 6.33. The van der Waals surface area contributed by atoms with Gasteiger partial charge in [0.1, 0.15) is 4.33 Å². The fraction of sp³-hybridized carbons (Fsp3) is 0.281. The lowest BCUT2D eigenvalue weighted by Crippen LogP contribution is -2.19. The second kappa shape index (κ2) is 15.1. The Kier molecular flexibility index (Phi) is 11.9. The Bertz CT molecular complexity index is 1280. The van der Waals surface area contributed by atoms with Gasteiger partial charge in [0, 0.05) is 41.7 Å². The molecule has 0 aliphatic carbocycles. The average molecular weight is 585 g/mol. The number of nitrogens with zero attached hydrogens (tertiary/aromatic N) is 2. The fourth-order valence-corrected chi connectivity index (χ4v) is 4.44. The number of nitrogens with two attached hydrogens (primary N) is 1. The molecule has 0 unspecified atom stereocenters. The van der Waals surface area contributed by atoms with Crippen LogP contribution in [0.25, 0.3) is 11.8 Å². The van der Waals surface area contributed by atoms with Crippen LogP contribution in [0.5, 0.6) is 0 Å². The summed E-state index contributed by atoms with van der Waals surface area (Å²) in [5.74, 6) is 0. The van der Waals surface area contributed by atoms with Crippen molar-refractivity contribution in [3.8, 4) is 0 Å². The van der Waals surface area contributed by atoms with E-state index in [9.17, 15) is 0 Å². The summed E-state index contributed by atoms with van der Waals surface area (Å²) in [4.78, 5) is 7.02. The van der Waals surface area contributed by atoms with Gasteiger partial charge < -0.3 is 15.4 Å². The van der Waals surface area contributed by atoms with E-state index >= 15 is 0 Å². The Morgan fingerprint density at radius 2 is 1.69 bits per heavy atom. The quantitative estimate of drug-likeness (QED) is 0.126. The van der Waals surface area contributed by atoms with Gasteiger partial charge in [0.25, 0.3) is 0 Å². The Morgan fingerprint density at radius 1 is 1.03 bits per heavy atom. The summed E-state index contributed by atoms with van der Waals surface area (Å²) in [6.45, 7) is 5.04. The molecule has 0 radical (unpaired) electrons. The monoisotopic (exact) mass is 583 g/mol. The van der Waals surface area contributed by atoms with Crippen molar-refractivity contribution >= 4 is 52.3 Å². The van der Waals surface area contributed by atoms with E-state index in [1.165, 1.54) is 5.56 Å². The fourth-order valence-electron chi connectivity index (χ4n) is 4.00. The van der Waals surface area contributed by atoms with Gasteiger partial charge in [0.2, 0.25) is 0 Å². The minimum absolute atomic E-state index is 0.261. The van der Waals surface area contributed by atoms with Crippen LogP contribution in [-0.4, -0.2) is 41.8 Å². The summed E-state index contributed by atoms with van der Waals surface area (Å²) in [5.41, 5.74) is 13.3. The highest BCUT2D eigenvalue weighted by molar-refractivity contribution is 6.48. The molecular formula is C32H36Cl3N3O. The topological polar surface area (TPSA) is 50.8 Å². The number of halogens is 3. The van der Waals surface area contributed by atoms with Gasteiger partial charge in [0.15, 0.2) is 0 Å². The minimum atomic E-state index is -0.895. The molecule has 0 heterocycles. The molecule has 3 rings (SSSR count). The van der Waals surface area contributed by atoms with Crippen molar-refractivity contribution in [2.75, 3.05) is 26.8 Å². The molecule has 0 atom stereocenters. The lowest BCUT2D eigenvalue weighted by atomic mass is 10.1. The highest BCUT2D eigenvalue weighted by Gasteiger charge is 2.16. The van der Waals surface area contributed by atoms with Crippen LogP contribution in [0.1, 0.15) is 36.1 Å². The molecule has 0 aromatic heterocycles. The molecule has 3 aromatic rings. The summed E-state index contributed by atoms with van der Waals surface area (Å²) in [5, 5.41) is 0.669. The summed E-state index contributed by atoms with van der Waals surface area (Å²) in [6.07, 6.45) is 5.43. The first-order valence-electron chi connectivity index (χ1n) is 12.8. The van der Waals surface area contributed by atoms with Crippen LogP contribution in [0, 0.1) is 0 Å². The van der Waals surface area contributed by atoms with Gasteiger partial charge in [-0.05, 0) is 49.1 Å². The van der Waals surface area contributed by atoms with Crippen molar-refractivity contribution in [1.82, 2.24) is 4.90 Å². The van der Waals surface area contributed by atoms with Crippen LogP contribution >= 0.6 is 34.8 Å². The van der Waals surface area contributed by atoms with E-state index in [1.54, 1.807) is 6.92 Å². The molecule has 2 N–H and O–H groups in total. The van der Waals surface area contributed by atoms with Crippen molar-refractivity contribution in [3.05, 3.63) is 118 Å². The van der Waals surface area contributed by atoms with Crippen molar-refractivity contribution < 1.29 is 4.74 Å². The summed E-state index contributed by atoms with van der Waals surface area (Å²) in [6, 6.07) is 26.4. The highest BCUT2D eigenvalue weighted by atomic mass is 35.5. The van der Waals surface area contributed by atoms with Crippen molar-refractivity contribution in [3.63, 3.8) is 0 Å². The van der Waals surface area contributed by atoms with Crippen LogP contribution < -0.4 is 5.73 Å². The van der Waals surface area contributed by atoms with Gasteiger partial charge in [-0.3, -0.25) is 4.99 Å². The second-order valence-corrected chi connectivity index (χ2v) is 12.0. The molecule has 39 heavy (non-hydrogen) atoms. The average Bonchev–Trinajstić information content (AvgIpc) is 2.87. The van der Waals surface area contributed by atoms with Crippen LogP contribution in [-0.2, 0) is 17.6 Å². The zero-order valence-electron chi connectivity index (χ0n) is 22.7. The summed E-state index contributed by atoms with van der Waals surface area (Å²) < 4.78 is 4.64. The minimum Gasteiger partial charge on any atom is -0.401 e. The molecule has 0 fully saturated rings. The van der Waals surface area contributed by atoms with Crippen molar-refractivity contribution in [2.24, 2.45) is 10.7 Å². The smallest absolute Gasteiger partial charge is 0.138 e. The molecule has 206 valence electrons. The maximum absolute atomic E-state index is 6.52. The third kappa shape index (κ3) is 11.5. The number of aliphatic imine (C=N–C) groups is 1. The van der Waals surface area contributed by atoms with Gasteiger partial charge in [-0.25, -0.2) is 0 Å². The van der Waals surface area contributed by atoms with E-state index in [2.05, 4.69) is 31.2 Å². The molecule has 0 amide bonds. The number of likely N-dealkylation sites (N-methyl/N-ethyl adjacent to an activating group) is 1. The molecule has 0 aliphatic rings. The summed E-state index contributed by atoms with van der Waals surface area (Å²) in [7, 11) is 1.99. The molecular weight excluding hydrogens is 549 g/mol. The number of rotatable bonds is 13. The van der Waals surface area contributed by atoms with Crippen LogP contribution in [0.3, 0.4) is 0 Å². The first kappa shape index (κ1) is 30.8. The maximum atomic E-state index is 6.52. The van der Waals surface area contributed by atoms with E-state index in [0.29, 0.717) is 30.3 Å². The lowest BCUT2D eigenvalue weighted by molar-refractivity contribution is 0.133. The van der Waals surface area contributed by atoms with E-state index in [0.717, 1.165) is 34.5 Å². The first-order chi connectivity index (χ1) is 18.6. The van der Waals surface area contributed by atoms with Gasteiger partial charge in [-0.2, -0.15) is 0 Å². The standard InChI is InChI=1S/C32H36Cl3N3O/c1-24(18-25-10-6-4-7-11-25)37-31(28-12-8-5-9-13-28)22-38(3)21-29(36)19-26-14-15-27(30(33)20-26)16-17-39-23-32(2,34)35/h4-15,19-20,22H,16-18,21,23,36H2,1-3H3/b29-19-,31-22-,37-24?. The van der Waals surface area contributed by atoms with E-state index < -0.39 is 4.33 Å². The Morgan fingerprint density at radius 3 is 2.33 bits per heavy atom. The second-order valence-electron chi connectivity index (χ2n) is 9.75. The molecule has 7 heteroatoms. The first-order valence-corrected chi connectivity index (χ1v) is 14.0. The molecule has 3 aromatic carbocycles. The van der Waals surface area contributed by atoms with Gasteiger partial charge in [0.05, 0.1) is 25.5 Å². The maximum Gasteiger partial charge on any atom is 0.138 e. The number of alkyl halides is 2. The van der Waals surface area contributed by atoms with Crippen molar-refractivity contribution in [1.29, 1.82) is 0 Å². The van der Waals surface area contributed by atoms with Gasteiger partial charge >= 0.3 is 0 Å².